The highest BCUT2D eigenvalue weighted by Crippen LogP contribution is 2.28. The summed E-state index contributed by atoms with van der Waals surface area (Å²) in [4.78, 5) is 14.7. The molecule has 126 valence electrons. The van der Waals surface area contributed by atoms with Gasteiger partial charge >= 0.3 is 6.03 Å². The van der Waals surface area contributed by atoms with Crippen LogP contribution in [-0.4, -0.2) is 31.1 Å². The molecule has 2 aromatic rings. The summed E-state index contributed by atoms with van der Waals surface area (Å²) in [5.41, 5.74) is 2.03. The quantitative estimate of drug-likeness (QED) is 0.903. The molecule has 1 aliphatic heterocycles. The molecule has 1 fully saturated rings. The van der Waals surface area contributed by atoms with Gasteiger partial charge in [0, 0.05) is 19.0 Å². The van der Waals surface area contributed by atoms with Crippen molar-refractivity contribution in [1.82, 2.24) is 4.90 Å². The van der Waals surface area contributed by atoms with Crippen LogP contribution in [0.1, 0.15) is 30.7 Å². The summed E-state index contributed by atoms with van der Waals surface area (Å²) < 4.78 is 5.32. The molecule has 1 saturated heterocycles. The Morgan fingerprint density at radius 2 is 1.83 bits per heavy atom. The van der Waals surface area contributed by atoms with Gasteiger partial charge in [-0.1, -0.05) is 48.9 Å². The molecule has 1 aliphatic rings. The molecule has 0 aromatic heterocycles. The summed E-state index contributed by atoms with van der Waals surface area (Å²) in [5.74, 6) is 1.08. The predicted molar refractivity (Wildman–Crippen MR) is 96.6 cm³/mol. The lowest BCUT2D eigenvalue weighted by atomic mass is 9.94. The van der Waals surface area contributed by atoms with E-state index in [4.69, 9.17) is 4.74 Å². The number of carbonyl (C=O) groups excluding carboxylic acids is 1. The molecule has 1 atom stereocenters. The molecule has 0 radical (unpaired) electrons. The SMILES string of the molecule is COc1ccccc1NC(=O)N1CCCCC(c2ccccc2)C1. The molecule has 1 heterocycles. The van der Waals surface area contributed by atoms with Crippen molar-refractivity contribution in [2.75, 3.05) is 25.5 Å². The second kappa shape index (κ2) is 7.86. The minimum absolute atomic E-state index is 0.0534. The second-order valence-electron chi connectivity index (χ2n) is 6.18. The van der Waals surface area contributed by atoms with Gasteiger partial charge in [0.2, 0.25) is 0 Å². The summed E-state index contributed by atoms with van der Waals surface area (Å²) in [6.45, 7) is 1.55. The number of likely N-dealkylation sites (tertiary alicyclic amines) is 1. The molecule has 0 spiro atoms. The maximum Gasteiger partial charge on any atom is 0.321 e. The zero-order chi connectivity index (χ0) is 16.8. The van der Waals surface area contributed by atoms with E-state index >= 15 is 0 Å². The standard InChI is InChI=1S/C20H24N2O2/c1-24-19-13-6-5-12-18(19)21-20(23)22-14-8-7-11-17(15-22)16-9-3-2-4-10-16/h2-6,9-10,12-13,17H,7-8,11,14-15H2,1H3,(H,21,23). The Morgan fingerprint density at radius 3 is 2.62 bits per heavy atom. The van der Waals surface area contributed by atoms with Crippen molar-refractivity contribution in [3.8, 4) is 5.75 Å². The maximum atomic E-state index is 12.7. The number of benzene rings is 2. The summed E-state index contributed by atoms with van der Waals surface area (Å²) in [5, 5.41) is 2.99. The van der Waals surface area contributed by atoms with Crippen LogP contribution in [0.15, 0.2) is 54.6 Å². The Kier molecular flexibility index (Phi) is 5.36. The number of hydrogen-bond acceptors (Lipinski definition) is 2. The third kappa shape index (κ3) is 3.88. The van der Waals surface area contributed by atoms with Crippen LogP contribution in [0.4, 0.5) is 10.5 Å². The molecule has 4 heteroatoms. The van der Waals surface area contributed by atoms with Crippen molar-refractivity contribution < 1.29 is 9.53 Å². The molecule has 0 bridgehead atoms. The third-order valence-corrected chi connectivity index (χ3v) is 4.58. The molecule has 0 saturated carbocycles. The maximum absolute atomic E-state index is 12.7. The van der Waals surface area contributed by atoms with E-state index in [1.54, 1.807) is 7.11 Å². The first kappa shape index (κ1) is 16.4. The zero-order valence-corrected chi connectivity index (χ0v) is 14.1. The molecule has 1 N–H and O–H groups in total. The number of rotatable bonds is 3. The number of amides is 2. The number of ether oxygens (including phenoxy) is 1. The fourth-order valence-corrected chi connectivity index (χ4v) is 3.27. The van der Waals surface area contributed by atoms with E-state index in [0.717, 1.165) is 32.4 Å². The molecule has 4 nitrogen and oxygen atoms in total. The highest BCUT2D eigenvalue weighted by Gasteiger charge is 2.23. The van der Waals surface area contributed by atoms with Crippen LogP contribution in [0.3, 0.4) is 0 Å². The number of nitrogens with one attached hydrogen (secondary N) is 1. The van der Waals surface area contributed by atoms with E-state index in [2.05, 4.69) is 29.6 Å². The first-order chi connectivity index (χ1) is 11.8. The van der Waals surface area contributed by atoms with Gasteiger partial charge in [-0.15, -0.1) is 0 Å². The van der Waals surface area contributed by atoms with E-state index in [0.29, 0.717) is 17.4 Å². The summed E-state index contributed by atoms with van der Waals surface area (Å²) in [6.07, 6.45) is 3.32. The third-order valence-electron chi connectivity index (χ3n) is 4.58. The van der Waals surface area contributed by atoms with Crippen molar-refractivity contribution in [3.05, 3.63) is 60.2 Å². The number of nitrogens with zero attached hydrogens (tertiary/aromatic N) is 1. The lowest BCUT2D eigenvalue weighted by Gasteiger charge is -2.25. The van der Waals surface area contributed by atoms with E-state index in [1.807, 2.05) is 35.2 Å². The highest BCUT2D eigenvalue weighted by molar-refractivity contribution is 5.91. The Bertz CT molecular complexity index is 672. The van der Waals surface area contributed by atoms with Gasteiger partial charge in [-0.3, -0.25) is 0 Å². The molecule has 24 heavy (non-hydrogen) atoms. The number of anilines is 1. The van der Waals surface area contributed by atoms with Crippen LogP contribution >= 0.6 is 0 Å². The van der Waals surface area contributed by atoms with Crippen molar-refractivity contribution >= 4 is 11.7 Å². The lowest BCUT2D eigenvalue weighted by Crippen LogP contribution is -2.37. The average Bonchev–Trinajstić information content (AvgIpc) is 2.89. The molecule has 3 rings (SSSR count). The van der Waals surface area contributed by atoms with Gasteiger partial charge in [0.25, 0.3) is 0 Å². The van der Waals surface area contributed by atoms with Crippen molar-refractivity contribution in [2.24, 2.45) is 0 Å². The lowest BCUT2D eigenvalue weighted by molar-refractivity contribution is 0.211. The van der Waals surface area contributed by atoms with Gasteiger partial charge < -0.3 is 15.0 Å². The smallest absolute Gasteiger partial charge is 0.321 e. The van der Waals surface area contributed by atoms with Crippen LogP contribution in [0, 0.1) is 0 Å². The number of hydrogen-bond donors (Lipinski definition) is 1. The van der Waals surface area contributed by atoms with E-state index < -0.39 is 0 Å². The van der Waals surface area contributed by atoms with Crippen LogP contribution in [0.25, 0.3) is 0 Å². The van der Waals surface area contributed by atoms with Gasteiger partial charge in [-0.25, -0.2) is 4.79 Å². The average molecular weight is 324 g/mol. The summed E-state index contributed by atoms with van der Waals surface area (Å²) >= 11 is 0. The Morgan fingerprint density at radius 1 is 1.08 bits per heavy atom. The zero-order valence-electron chi connectivity index (χ0n) is 14.1. The topological polar surface area (TPSA) is 41.6 Å². The van der Waals surface area contributed by atoms with Gasteiger partial charge in [0.05, 0.1) is 12.8 Å². The summed E-state index contributed by atoms with van der Waals surface area (Å²) in [7, 11) is 1.61. The van der Waals surface area contributed by atoms with Crippen LogP contribution < -0.4 is 10.1 Å². The minimum Gasteiger partial charge on any atom is -0.495 e. The van der Waals surface area contributed by atoms with Crippen molar-refractivity contribution in [1.29, 1.82) is 0 Å². The molecular weight excluding hydrogens is 300 g/mol. The van der Waals surface area contributed by atoms with Crippen LogP contribution in [-0.2, 0) is 0 Å². The fraction of sp³-hybridized carbons (Fsp3) is 0.350. The van der Waals surface area contributed by atoms with Crippen LogP contribution in [0.5, 0.6) is 5.75 Å². The molecular formula is C20H24N2O2. The number of para-hydroxylation sites is 2. The summed E-state index contributed by atoms with van der Waals surface area (Å²) in [6, 6.07) is 17.9. The minimum atomic E-state index is -0.0534. The van der Waals surface area contributed by atoms with Gasteiger partial charge in [-0.2, -0.15) is 0 Å². The van der Waals surface area contributed by atoms with E-state index in [1.165, 1.54) is 5.56 Å². The van der Waals surface area contributed by atoms with Crippen LogP contribution in [0.2, 0.25) is 0 Å². The van der Waals surface area contributed by atoms with E-state index in [9.17, 15) is 4.79 Å². The first-order valence-electron chi connectivity index (χ1n) is 8.52. The second-order valence-corrected chi connectivity index (χ2v) is 6.18. The largest absolute Gasteiger partial charge is 0.495 e. The number of carbonyl (C=O) groups is 1. The highest BCUT2D eigenvalue weighted by atomic mass is 16.5. The molecule has 2 aromatic carbocycles. The fourth-order valence-electron chi connectivity index (χ4n) is 3.27. The van der Waals surface area contributed by atoms with Gasteiger partial charge in [0.15, 0.2) is 0 Å². The first-order valence-corrected chi connectivity index (χ1v) is 8.52. The predicted octanol–water partition coefficient (Wildman–Crippen LogP) is 4.50. The van der Waals surface area contributed by atoms with Gasteiger partial charge in [-0.05, 0) is 30.5 Å². The monoisotopic (exact) mass is 324 g/mol. The molecule has 0 aliphatic carbocycles. The van der Waals surface area contributed by atoms with Crippen molar-refractivity contribution in [2.45, 2.75) is 25.2 Å². The number of urea groups is 1. The Balaban J connectivity index is 1.71. The molecule has 1 unspecified atom stereocenters. The Hall–Kier alpha value is -2.49. The molecule has 2 amide bonds. The Labute approximate surface area is 143 Å². The van der Waals surface area contributed by atoms with Crippen molar-refractivity contribution in [3.63, 3.8) is 0 Å². The van der Waals surface area contributed by atoms with Gasteiger partial charge in [0.1, 0.15) is 5.75 Å². The number of methoxy groups -OCH3 is 1. The van der Waals surface area contributed by atoms with E-state index in [-0.39, 0.29) is 6.03 Å². The normalized spacial score (nSPS) is 17.9.